The summed E-state index contributed by atoms with van der Waals surface area (Å²) >= 11 is 0. The van der Waals surface area contributed by atoms with E-state index in [1.54, 1.807) is 6.92 Å². The fourth-order valence-electron chi connectivity index (χ4n) is 3.25. The summed E-state index contributed by atoms with van der Waals surface area (Å²) in [5, 5.41) is 10.7. The molecule has 3 rings (SSSR count). The Morgan fingerprint density at radius 3 is 3.00 bits per heavy atom. The van der Waals surface area contributed by atoms with Gasteiger partial charge in [-0.05, 0) is 26.3 Å². The summed E-state index contributed by atoms with van der Waals surface area (Å²) in [5.41, 5.74) is 4.54. The van der Waals surface area contributed by atoms with E-state index >= 15 is 0 Å². The van der Waals surface area contributed by atoms with Crippen molar-refractivity contribution >= 4 is 5.91 Å². The molecule has 0 aliphatic carbocycles. The number of carbonyl (C=O) groups excluding carboxylic acids is 1. The fraction of sp³-hybridized carbons (Fsp3) is 0.909. The molecule has 3 aliphatic heterocycles. The quantitative estimate of drug-likeness (QED) is 0.596. The molecule has 6 heteroatoms. The van der Waals surface area contributed by atoms with Crippen molar-refractivity contribution in [1.82, 2.24) is 9.80 Å². The second-order valence-corrected chi connectivity index (χ2v) is 5.35. The third-order valence-electron chi connectivity index (χ3n) is 4.26. The molecule has 3 fully saturated rings. The number of aliphatic hydroxyl groups is 1. The van der Waals surface area contributed by atoms with Crippen molar-refractivity contribution in [2.45, 2.75) is 37.3 Å². The third kappa shape index (κ3) is 1.32. The van der Waals surface area contributed by atoms with Gasteiger partial charge in [-0.25, -0.2) is 0 Å². The minimum Gasteiger partial charge on any atom is -0.347 e. The molecule has 0 spiro atoms. The Hall–Kier alpha value is -0.690. The Bertz CT molecular complexity index is 364. The van der Waals surface area contributed by atoms with E-state index in [4.69, 9.17) is 10.5 Å². The largest absolute Gasteiger partial charge is 0.347 e. The van der Waals surface area contributed by atoms with E-state index in [0.717, 1.165) is 25.9 Å². The Balaban J connectivity index is 1.97. The van der Waals surface area contributed by atoms with Gasteiger partial charge in [0, 0.05) is 19.6 Å². The van der Waals surface area contributed by atoms with Crippen LogP contribution in [0.5, 0.6) is 0 Å². The van der Waals surface area contributed by atoms with Crippen LogP contribution >= 0.6 is 0 Å². The highest BCUT2D eigenvalue weighted by Gasteiger charge is 2.64. The van der Waals surface area contributed by atoms with Crippen LogP contribution in [-0.2, 0) is 9.53 Å². The first kappa shape index (κ1) is 11.4. The van der Waals surface area contributed by atoms with Crippen molar-refractivity contribution in [2.24, 2.45) is 5.73 Å². The molecule has 0 aromatic carbocycles. The van der Waals surface area contributed by atoms with Gasteiger partial charge in [-0.15, -0.1) is 0 Å². The summed E-state index contributed by atoms with van der Waals surface area (Å²) in [6, 6.07) is -0.103. The Kier molecular flexibility index (Phi) is 2.29. The van der Waals surface area contributed by atoms with E-state index in [0.29, 0.717) is 6.54 Å². The lowest BCUT2D eigenvalue weighted by Crippen LogP contribution is -2.65. The smallest absolute Gasteiger partial charge is 0.269 e. The second-order valence-electron chi connectivity index (χ2n) is 5.35. The molecule has 0 aromatic rings. The van der Waals surface area contributed by atoms with Crippen molar-refractivity contribution in [3.63, 3.8) is 0 Å². The van der Waals surface area contributed by atoms with E-state index in [9.17, 15) is 9.90 Å². The number of hydrogen-bond donors (Lipinski definition) is 2. The number of piperazine rings is 1. The van der Waals surface area contributed by atoms with E-state index in [1.165, 1.54) is 4.90 Å². The van der Waals surface area contributed by atoms with Crippen LogP contribution < -0.4 is 5.73 Å². The van der Waals surface area contributed by atoms with Crippen LogP contribution in [0, 0.1) is 0 Å². The Morgan fingerprint density at radius 1 is 1.53 bits per heavy atom. The maximum absolute atomic E-state index is 12.2. The van der Waals surface area contributed by atoms with Gasteiger partial charge in [0.1, 0.15) is 0 Å². The standard InChI is InChI=1S/C11H19N3O3/c1-10(7-12)9(15)14-6-5-13-4-2-3-8(13)11(14,16)17-10/h8,16H,2-7,12H2,1H3. The topological polar surface area (TPSA) is 79.0 Å². The van der Waals surface area contributed by atoms with Crippen molar-refractivity contribution in [3.8, 4) is 0 Å². The van der Waals surface area contributed by atoms with Gasteiger partial charge in [-0.3, -0.25) is 14.6 Å². The van der Waals surface area contributed by atoms with E-state index in [-0.39, 0.29) is 18.5 Å². The summed E-state index contributed by atoms with van der Waals surface area (Å²) in [7, 11) is 0. The summed E-state index contributed by atoms with van der Waals surface area (Å²) in [6.07, 6.45) is 1.90. The number of nitrogens with zero attached hydrogens (tertiary/aromatic N) is 2. The van der Waals surface area contributed by atoms with Gasteiger partial charge in [-0.2, -0.15) is 0 Å². The zero-order valence-electron chi connectivity index (χ0n) is 10.1. The molecule has 1 amide bonds. The summed E-state index contributed by atoms with van der Waals surface area (Å²) in [6.45, 7) is 4.05. The SMILES string of the molecule is CC1(CN)OC2(O)C3CCCN3CCN2C1=O. The zero-order valence-corrected chi connectivity index (χ0v) is 10.1. The lowest BCUT2D eigenvalue weighted by atomic mass is 10.1. The van der Waals surface area contributed by atoms with Crippen molar-refractivity contribution in [2.75, 3.05) is 26.2 Å². The predicted molar refractivity (Wildman–Crippen MR) is 59.8 cm³/mol. The molecule has 3 atom stereocenters. The van der Waals surface area contributed by atoms with Gasteiger partial charge in [0.25, 0.3) is 11.8 Å². The van der Waals surface area contributed by atoms with Gasteiger partial charge in [0.15, 0.2) is 5.60 Å². The molecule has 0 bridgehead atoms. The first-order valence-corrected chi connectivity index (χ1v) is 6.20. The van der Waals surface area contributed by atoms with Gasteiger partial charge in [0.2, 0.25) is 0 Å². The highest BCUT2D eigenvalue weighted by atomic mass is 16.7. The molecule has 6 nitrogen and oxygen atoms in total. The van der Waals surface area contributed by atoms with Crippen LogP contribution in [0.4, 0.5) is 0 Å². The summed E-state index contributed by atoms with van der Waals surface area (Å²) in [5.74, 6) is -1.66. The highest BCUT2D eigenvalue weighted by Crippen LogP contribution is 2.42. The van der Waals surface area contributed by atoms with Crippen molar-refractivity contribution < 1.29 is 14.6 Å². The lowest BCUT2D eigenvalue weighted by Gasteiger charge is -2.45. The number of hydrogen-bond acceptors (Lipinski definition) is 5. The summed E-state index contributed by atoms with van der Waals surface area (Å²) in [4.78, 5) is 15.9. The van der Waals surface area contributed by atoms with Gasteiger partial charge < -0.3 is 15.6 Å². The number of rotatable bonds is 1. The molecule has 96 valence electrons. The third-order valence-corrected chi connectivity index (χ3v) is 4.26. The first-order valence-electron chi connectivity index (χ1n) is 6.20. The average molecular weight is 241 g/mol. The zero-order chi connectivity index (χ0) is 12.3. The van der Waals surface area contributed by atoms with Gasteiger partial charge >= 0.3 is 0 Å². The second kappa shape index (κ2) is 3.41. The van der Waals surface area contributed by atoms with E-state index < -0.39 is 11.5 Å². The summed E-state index contributed by atoms with van der Waals surface area (Å²) < 4.78 is 5.68. The number of ether oxygens (including phenoxy) is 1. The molecule has 3 heterocycles. The van der Waals surface area contributed by atoms with Crippen molar-refractivity contribution in [1.29, 1.82) is 0 Å². The predicted octanol–water partition coefficient (Wildman–Crippen LogP) is -1.31. The van der Waals surface area contributed by atoms with Crippen LogP contribution in [0.15, 0.2) is 0 Å². The minimum atomic E-state index is -1.47. The molecule has 0 radical (unpaired) electrons. The Labute approximate surface area is 100 Å². The Morgan fingerprint density at radius 2 is 2.29 bits per heavy atom. The lowest BCUT2D eigenvalue weighted by molar-refractivity contribution is -0.309. The first-order chi connectivity index (χ1) is 8.01. The molecule has 3 saturated heterocycles. The van der Waals surface area contributed by atoms with Crippen LogP contribution in [0.2, 0.25) is 0 Å². The van der Waals surface area contributed by atoms with Gasteiger partial charge in [-0.1, -0.05) is 0 Å². The molecule has 0 aromatic heterocycles. The van der Waals surface area contributed by atoms with Crippen LogP contribution in [0.3, 0.4) is 0 Å². The average Bonchev–Trinajstić information content (AvgIpc) is 2.83. The molecule has 3 N–H and O–H groups in total. The van der Waals surface area contributed by atoms with Crippen molar-refractivity contribution in [3.05, 3.63) is 0 Å². The molecule has 17 heavy (non-hydrogen) atoms. The molecule has 3 unspecified atom stereocenters. The molecular weight excluding hydrogens is 222 g/mol. The maximum atomic E-state index is 12.2. The number of carbonyl (C=O) groups is 1. The van der Waals surface area contributed by atoms with E-state index in [2.05, 4.69) is 4.90 Å². The normalized spacial score (nSPS) is 46.2. The monoisotopic (exact) mass is 241 g/mol. The maximum Gasteiger partial charge on any atom is 0.269 e. The number of fused-ring (bicyclic) bond motifs is 3. The molecular formula is C11H19N3O3. The van der Waals surface area contributed by atoms with E-state index in [1.807, 2.05) is 0 Å². The van der Waals surface area contributed by atoms with Crippen LogP contribution in [0.25, 0.3) is 0 Å². The van der Waals surface area contributed by atoms with Crippen LogP contribution in [-0.4, -0.2) is 64.5 Å². The molecule has 3 aliphatic rings. The fourth-order valence-corrected chi connectivity index (χ4v) is 3.25. The number of nitrogens with two attached hydrogens (primary N) is 1. The highest BCUT2D eigenvalue weighted by molar-refractivity contribution is 5.87. The minimum absolute atomic E-state index is 0.0946. The number of amides is 1. The molecule has 0 saturated carbocycles. The van der Waals surface area contributed by atoms with Crippen LogP contribution in [0.1, 0.15) is 19.8 Å². The van der Waals surface area contributed by atoms with Gasteiger partial charge in [0.05, 0.1) is 6.04 Å².